The van der Waals surface area contributed by atoms with E-state index in [1.54, 1.807) is 24.0 Å². The molecule has 3 nitrogen and oxygen atoms in total. The number of amides is 1. The van der Waals surface area contributed by atoms with Gasteiger partial charge in [0.25, 0.3) is 5.91 Å². The zero-order valence-corrected chi connectivity index (χ0v) is 11.1. The van der Waals surface area contributed by atoms with Gasteiger partial charge in [0.05, 0.1) is 0 Å². The van der Waals surface area contributed by atoms with Crippen LogP contribution in [-0.2, 0) is 9.53 Å². The Labute approximate surface area is 112 Å². The van der Waals surface area contributed by atoms with E-state index in [1.807, 2.05) is 0 Å². The van der Waals surface area contributed by atoms with Crippen molar-refractivity contribution in [2.45, 2.75) is 25.8 Å². The lowest BCUT2D eigenvalue weighted by Gasteiger charge is -2.33. The van der Waals surface area contributed by atoms with Crippen molar-refractivity contribution in [3.05, 3.63) is 42.2 Å². The standard InChI is InChI=1S/C15H18FNO2/c1-3-15(18)17(12-6-8-19-9-7-12)13-5-4-11(2)14(16)10-13/h3-5,10,12H,1,6-9H2,2H3. The molecule has 1 heterocycles. The summed E-state index contributed by atoms with van der Waals surface area (Å²) >= 11 is 0. The van der Waals surface area contributed by atoms with E-state index in [4.69, 9.17) is 4.74 Å². The van der Waals surface area contributed by atoms with Crippen LogP contribution in [0.2, 0.25) is 0 Å². The predicted molar refractivity (Wildman–Crippen MR) is 72.7 cm³/mol. The second-order valence-corrected chi connectivity index (χ2v) is 4.69. The molecule has 0 unspecified atom stereocenters. The zero-order valence-electron chi connectivity index (χ0n) is 11.1. The molecule has 0 aromatic heterocycles. The third kappa shape index (κ3) is 3.01. The van der Waals surface area contributed by atoms with Crippen LogP contribution in [0.5, 0.6) is 0 Å². The molecule has 1 aromatic rings. The van der Waals surface area contributed by atoms with E-state index in [1.165, 1.54) is 12.1 Å². The van der Waals surface area contributed by atoms with Crippen LogP contribution < -0.4 is 4.90 Å². The molecule has 0 bridgehead atoms. The Kier molecular flexibility index (Phi) is 4.32. The van der Waals surface area contributed by atoms with Crippen LogP contribution in [0, 0.1) is 12.7 Å². The van der Waals surface area contributed by atoms with E-state index >= 15 is 0 Å². The van der Waals surface area contributed by atoms with Gasteiger partial charge in [0.15, 0.2) is 0 Å². The maximum absolute atomic E-state index is 13.7. The van der Waals surface area contributed by atoms with Crippen molar-refractivity contribution in [2.75, 3.05) is 18.1 Å². The number of rotatable bonds is 3. The highest BCUT2D eigenvalue weighted by molar-refractivity contribution is 6.01. The second-order valence-electron chi connectivity index (χ2n) is 4.69. The first-order valence-electron chi connectivity index (χ1n) is 6.43. The third-order valence-electron chi connectivity index (χ3n) is 3.40. The van der Waals surface area contributed by atoms with Gasteiger partial charge >= 0.3 is 0 Å². The summed E-state index contributed by atoms with van der Waals surface area (Å²) in [7, 11) is 0. The molecule has 0 N–H and O–H groups in total. The van der Waals surface area contributed by atoms with E-state index < -0.39 is 0 Å². The lowest BCUT2D eigenvalue weighted by atomic mass is 10.1. The fourth-order valence-corrected chi connectivity index (χ4v) is 2.29. The van der Waals surface area contributed by atoms with Crippen LogP contribution in [0.15, 0.2) is 30.9 Å². The molecule has 1 aliphatic heterocycles. The quantitative estimate of drug-likeness (QED) is 0.785. The minimum Gasteiger partial charge on any atom is -0.381 e. The molecule has 1 amide bonds. The van der Waals surface area contributed by atoms with Crippen LogP contribution in [0.3, 0.4) is 0 Å². The van der Waals surface area contributed by atoms with Gasteiger partial charge in [-0.15, -0.1) is 0 Å². The molecule has 1 fully saturated rings. The Bertz CT molecular complexity index is 481. The van der Waals surface area contributed by atoms with Crippen molar-refractivity contribution in [3.8, 4) is 0 Å². The third-order valence-corrected chi connectivity index (χ3v) is 3.40. The summed E-state index contributed by atoms with van der Waals surface area (Å²) in [5, 5.41) is 0. The van der Waals surface area contributed by atoms with E-state index in [9.17, 15) is 9.18 Å². The lowest BCUT2D eigenvalue weighted by Crippen LogP contribution is -2.43. The van der Waals surface area contributed by atoms with Crippen molar-refractivity contribution in [3.63, 3.8) is 0 Å². The predicted octanol–water partition coefficient (Wildman–Crippen LogP) is 2.83. The fourth-order valence-electron chi connectivity index (χ4n) is 2.29. The van der Waals surface area contributed by atoms with E-state index in [2.05, 4.69) is 6.58 Å². The normalized spacial score (nSPS) is 16.1. The van der Waals surface area contributed by atoms with Gasteiger partial charge in [0, 0.05) is 24.9 Å². The Morgan fingerprint density at radius 1 is 1.47 bits per heavy atom. The van der Waals surface area contributed by atoms with E-state index in [0.29, 0.717) is 24.5 Å². The molecule has 102 valence electrons. The first kappa shape index (κ1) is 13.7. The first-order valence-corrected chi connectivity index (χ1v) is 6.43. The SMILES string of the molecule is C=CC(=O)N(c1ccc(C)c(F)c1)C1CCOCC1. The number of hydrogen-bond donors (Lipinski definition) is 0. The summed E-state index contributed by atoms with van der Waals surface area (Å²) in [5.41, 5.74) is 1.15. The first-order chi connectivity index (χ1) is 9.13. The van der Waals surface area contributed by atoms with E-state index in [-0.39, 0.29) is 17.8 Å². The van der Waals surface area contributed by atoms with Crippen LogP contribution in [0.25, 0.3) is 0 Å². The molecule has 0 aliphatic carbocycles. The molecule has 0 saturated carbocycles. The molecular formula is C15H18FNO2. The van der Waals surface area contributed by atoms with Crippen LogP contribution >= 0.6 is 0 Å². The average Bonchev–Trinajstić information content (AvgIpc) is 2.44. The van der Waals surface area contributed by atoms with Crippen molar-refractivity contribution in [1.29, 1.82) is 0 Å². The highest BCUT2D eigenvalue weighted by Gasteiger charge is 2.26. The number of carbonyl (C=O) groups excluding carboxylic acids is 1. The number of hydrogen-bond acceptors (Lipinski definition) is 2. The number of nitrogens with zero attached hydrogens (tertiary/aromatic N) is 1. The molecule has 4 heteroatoms. The number of ether oxygens (including phenoxy) is 1. The molecule has 1 aromatic carbocycles. The van der Waals surface area contributed by atoms with Gasteiger partial charge < -0.3 is 9.64 Å². The highest BCUT2D eigenvalue weighted by atomic mass is 19.1. The van der Waals surface area contributed by atoms with Crippen molar-refractivity contribution >= 4 is 11.6 Å². The summed E-state index contributed by atoms with van der Waals surface area (Å²) in [6.07, 6.45) is 2.79. The largest absolute Gasteiger partial charge is 0.381 e. The summed E-state index contributed by atoms with van der Waals surface area (Å²) in [6.45, 7) is 6.48. The summed E-state index contributed by atoms with van der Waals surface area (Å²) in [4.78, 5) is 13.7. The molecule has 1 saturated heterocycles. The number of benzene rings is 1. The average molecular weight is 263 g/mol. The summed E-state index contributed by atoms with van der Waals surface area (Å²) in [6, 6.07) is 4.91. The lowest BCUT2D eigenvalue weighted by molar-refractivity contribution is -0.115. The van der Waals surface area contributed by atoms with Crippen molar-refractivity contribution in [2.24, 2.45) is 0 Å². The molecular weight excluding hydrogens is 245 g/mol. The minimum absolute atomic E-state index is 0.0429. The van der Waals surface area contributed by atoms with Crippen LogP contribution in [-0.4, -0.2) is 25.2 Å². The Hall–Kier alpha value is -1.68. The molecule has 0 atom stereocenters. The summed E-state index contributed by atoms with van der Waals surface area (Å²) in [5.74, 6) is -0.499. The molecule has 19 heavy (non-hydrogen) atoms. The monoisotopic (exact) mass is 263 g/mol. The van der Waals surface area contributed by atoms with Crippen molar-refractivity contribution < 1.29 is 13.9 Å². The van der Waals surface area contributed by atoms with Gasteiger partial charge in [-0.1, -0.05) is 12.6 Å². The number of aryl methyl sites for hydroxylation is 1. The minimum atomic E-state index is -0.300. The van der Waals surface area contributed by atoms with E-state index in [0.717, 1.165) is 12.8 Å². The summed E-state index contributed by atoms with van der Waals surface area (Å²) < 4.78 is 19.0. The van der Waals surface area contributed by atoms with Gasteiger partial charge in [0.2, 0.25) is 0 Å². The Balaban J connectivity index is 2.33. The molecule has 2 rings (SSSR count). The maximum atomic E-state index is 13.7. The van der Waals surface area contributed by atoms with Crippen LogP contribution in [0.4, 0.5) is 10.1 Å². The maximum Gasteiger partial charge on any atom is 0.250 e. The van der Waals surface area contributed by atoms with Gasteiger partial charge in [0.1, 0.15) is 5.82 Å². The molecule has 0 radical (unpaired) electrons. The van der Waals surface area contributed by atoms with Gasteiger partial charge in [-0.05, 0) is 43.5 Å². The molecule has 0 spiro atoms. The fraction of sp³-hybridized carbons (Fsp3) is 0.400. The highest BCUT2D eigenvalue weighted by Crippen LogP contribution is 2.25. The van der Waals surface area contributed by atoms with Crippen LogP contribution in [0.1, 0.15) is 18.4 Å². The van der Waals surface area contributed by atoms with Gasteiger partial charge in [-0.3, -0.25) is 4.79 Å². The van der Waals surface area contributed by atoms with Crippen molar-refractivity contribution in [1.82, 2.24) is 0 Å². The number of carbonyl (C=O) groups is 1. The zero-order chi connectivity index (χ0) is 13.8. The number of halogens is 1. The Morgan fingerprint density at radius 3 is 2.74 bits per heavy atom. The topological polar surface area (TPSA) is 29.5 Å². The number of anilines is 1. The smallest absolute Gasteiger partial charge is 0.250 e. The second kappa shape index (κ2) is 5.97. The van der Waals surface area contributed by atoms with Gasteiger partial charge in [-0.25, -0.2) is 4.39 Å². The Morgan fingerprint density at radius 2 is 2.16 bits per heavy atom. The molecule has 1 aliphatic rings. The van der Waals surface area contributed by atoms with Gasteiger partial charge in [-0.2, -0.15) is 0 Å².